The Balaban J connectivity index is 1.78. The first-order chi connectivity index (χ1) is 15.0. The Hall–Kier alpha value is -2.50. The van der Waals surface area contributed by atoms with Crippen LogP contribution >= 0.6 is 11.6 Å². The molecule has 0 aliphatic carbocycles. The summed E-state index contributed by atoms with van der Waals surface area (Å²) in [6.45, 7) is -0.0506. The largest absolute Gasteiger partial charge is 0.493 e. The summed E-state index contributed by atoms with van der Waals surface area (Å²) in [6.07, 6.45) is -4.79. The van der Waals surface area contributed by atoms with E-state index in [9.17, 15) is 26.4 Å². The lowest BCUT2D eigenvalue weighted by Gasteiger charge is -2.34. The molecule has 1 aliphatic heterocycles. The molecule has 2 aromatic carbocycles. The van der Waals surface area contributed by atoms with Crippen molar-refractivity contribution >= 4 is 27.5 Å². The van der Waals surface area contributed by atoms with Crippen LogP contribution in [0.1, 0.15) is 15.9 Å². The molecule has 0 bridgehead atoms. The highest BCUT2D eigenvalue weighted by molar-refractivity contribution is 7.89. The summed E-state index contributed by atoms with van der Waals surface area (Å²) in [5, 5.41) is -0.584. The number of halogens is 4. The summed E-state index contributed by atoms with van der Waals surface area (Å²) in [7, 11) is -1.36. The van der Waals surface area contributed by atoms with E-state index in [4.69, 9.17) is 21.1 Å². The number of alkyl halides is 3. The molecule has 1 heterocycles. The van der Waals surface area contributed by atoms with Crippen LogP contribution in [0.15, 0.2) is 41.3 Å². The molecule has 0 aromatic heterocycles. The van der Waals surface area contributed by atoms with Crippen molar-refractivity contribution in [2.45, 2.75) is 11.1 Å². The molecular formula is C20H20ClF3N2O5S. The Labute approximate surface area is 188 Å². The molecule has 0 spiro atoms. The molecule has 2 aromatic rings. The van der Waals surface area contributed by atoms with Crippen LogP contribution in [0.2, 0.25) is 5.02 Å². The quantitative estimate of drug-likeness (QED) is 0.638. The van der Waals surface area contributed by atoms with Gasteiger partial charge in [-0.3, -0.25) is 4.79 Å². The lowest BCUT2D eigenvalue weighted by atomic mass is 10.1. The van der Waals surface area contributed by atoms with Crippen LogP contribution in [0.25, 0.3) is 0 Å². The molecule has 1 saturated heterocycles. The Bertz CT molecular complexity index is 1120. The summed E-state index contributed by atoms with van der Waals surface area (Å²) in [6, 6.07) is 7.31. The number of ether oxygens (including phenoxy) is 2. The van der Waals surface area contributed by atoms with Gasteiger partial charge in [-0.25, -0.2) is 8.42 Å². The third-order valence-corrected chi connectivity index (χ3v) is 7.26. The van der Waals surface area contributed by atoms with Gasteiger partial charge in [0.2, 0.25) is 10.0 Å². The molecule has 32 heavy (non-hydrogen) atoms. The number of carbonyl (C=O) groups is 1. The lowest BCUT2D eigenvalue weighted by molar-refractivity contribution is -0.137. The van der Waals surface area contributed by atoms with Crippen LogP contribution in [0, 0.1) is 0 Å². The average Bonchev–Trinajstić information content (AvgIpc) is 2.77. The summed E-state index contributed by atoms with van der Waals surface area (Å²) in [5.74, 6) is 0.266. The SMILES string of the molecule is COc1cccc(C(=O)N2CCN(S(=O)(=O)c3ccc(Cl)c(C(F)(F)F)c3)CC2)c1OC. The van der Waals surface area contributed by atoms with E-state index in [0.717, 1.165) is 16.4 Å². The molecule has 12 heteroatoms. The number of sulfonamides is 1. The van der Waals surface area contributed by atoms with Crippen molar-refractivity contribution in [3.63, 3.8) is 0 Å². The van der Waals surface area contributed by atoms with Crippen LogP contribution in [0.3, 0.4) is 0 Å². The van der Waals surface area contributed by atoms with Crippen molar-refractivity contribution in [2.75, 3.05) is 40.4 Å². The number of methoxy groups -OCH3 is 2. The normalized spacial score (nSPS) is 15.5. The Kier molecular flexibility index (Phi) is 6.91. The highest BCUT2D eigenvalue weighted by Gasteiger charge is 2.36. The molecule has 1 fully saturated rings. The zero-order valence-electron chi connectivity index (χ0n) is 17.1. The van der Waals surface area contributed by atoms with Crippen molar-refractivity contribution in [1.29, 1.82) is 0 Å². The Morgan fingerprint density at radius 1 is 1.03 bits per heavy atom. The maximum Gasteiger partial charge on any atom is 0.417 e. The standard InChI is InChI=1S/C20H20ClF3N2O5S/c1-30-17-5-3-4-14(18(17)31-2)19(27)25-8-10-26(11-9-25)32(28,29)13-6-7-16(21)15(12-13)20(22,23)24/h3-7,12H,8-11H2,1-2H3. The second-order valence-corrected chi connectivity index (χ2v) is 9.22. The van der Waals surface area contributed by atoms with Crippen LogP contribution in [0.4, 0.5) is 13.2 Å². The van der Waals surface area contributed by atoms with Crippen LogP contribution in [0.5, 0.6) is 11.5 Å². The number of carbonyl (C=O) groups excluding carboxylic acids is 1. The third kappa shape index (κ3) is 4.64. The van der Waals surface area contributed by atoms with Gasteiger partial charge in [-0.2, -0.15) is 17.5 Å². The van der Waals surface area contributed by atoms with Gasteiger partial charge in [-0.1, -0.05) is 17.7 Å². The smallest absolute Gasteiger partial charge is 0.417 e. The van der Waals surface area contributed by atoms with Gasteiger partial charge < -0.3 is 14.4 Å². The summed E-state index contributed by atoms with van der Waals surface area (Å²) >= 11 is 5.58. The molecule has 0 N–H and O–H groups in total. The van der Waals surface area contributed by atoms with Gasteiger partial charge >= 0.3 is 6.18 Å². The highest BCUT2D eigenvalue weighted by Crippen LogP contribution is 2.36. The van der Waals surface area contributed by atoms with Crippen molar-refractivity contribution in [2.24, 2.45) is 0 Å². The highest BCUT2D eigenvalue weighted by atomic mass is 35.5. The number of para-hydroxylation sites is 1. The second-order valence-electron chi connectivity index (χ2n) is 6.88. The number of benzene rings is 2. The van der Waals surface area contributed by atoms with Crippen LogP contribution < -0.4 is 9.47 Å². The van der Waals surface area contributed by atoms with E-state index in [2.05, 4.69) is 0 Å². The van der Waals surface area contributed by atoms with Gasteiger partial charge in [-0.05, 0) is 30.3 Å². The monoisotopic (exact) mass is 492 g/mol. The van der Waals surface area contributed by atoms with Gasteiger partial charge in [0, 0.05) is 26.2 Å². The van der Waals surface area contributed by atoms with E-state index in [-0.39, 0.29) is 43.4 Å². The maximum atomic E-state index is 13.1. The zero-order chi connectivity index (χ0) is 23.7. The lowest BCUT2D eigenvalue weighted by Crippen LogP contribution is -2.50. The second kappa shape index (κ2) is 9.16. The minimum atomic E-state index is -4.79. The van der Waals surface area contributed by atoms with E-state index in [0.29, 0.717) is 11.8 Å². The number of rotatable bonds is 5. The predicted octanol–water partition coefficient (Wildman–Crippen LogP) is 3.52. The molecular weight excluding hydrogens is 473 g/mol. The first-order valence-corrected chi connectivity index (χ1v) is 11.2. The molecule has 3 rings (SSSR count). The first kappa shape index (κ1) is 24.1. The van der Waals surface area contributed by atoms with E-state index in [1.165, 1.54) is 19.1 Å². The molecule has 0 saturated carbocycles. The van der Waals surface area contributed by atoms with Crippen molar-refractivity contribution in [1.82, 2.24) is 9.21 Å². The molecule has 1 amide bonds. The fourth-order valence-electron chi connectivity index (χ4n) is 3.39. The zero-order valence-corrected chi connectivity index (χ0v) is 18.7. The van der Waals surface area contributed by atoms with Gasteiger partial charge in [0.25, 0.3) is 5.91 Å². The van der Waals surface area contributed by atoms with E-state index < -0.39 is 31.7 Å². The van der Waals surface area contributed by atoms with Crippen molar-refractivity contribution in [3.8, 4) is 11.5 Å². The molecule has 7 nitrogen and oxygen atoms in total. The maximum absolute atomic E-state index is 13.1. The Morgan fingerprint density at radius 3 is 2.25 bits per heavy atom. The van der Waals surface area contributed by atoms with Crippen LogP contribution in [-0.4, -0.2) is 63.9 Å². The van der Waals surface area contributed by atoms with Crippen LogP contribution in [-0.2, 0) is 16.2 Å². The number of hydrogen-bond donors (Lipinski definition) is 0. The fraction of sp³-hybridized carbons (Fsp3) is 0.350. The predicted molar refractivity (Wildman–Crippen MR) is 111 cm³/mol. The van der Waals surface area contributed by atoms with Crippen molar-refractivity contribution < 1.29 is 35.9 Å². The van der Waals surface area contributed by atoms with Crippen molar-refractivity contribution in [3.05, 3.63) is 52.5 Å². The number of piperazine rings is 1. The number of hydrogen-bond acceptors (Lipinski definition) is 5. The minimum absolute atomic E-state index is 0.0537. The topological polar surface area (TPSA) is 76.2 Å². The summed E-state index contributed by atoms with van der Waals surface area (Å²) in [4.78, 5) is 13.9. The van der Waals surface area contributed by atoms with Gasteiger partial charge in [0.15, 0.2) is 11.5 Å². The summed E-state index contributed by atoms with van der Waals surface area (Å²) < 4.78 is 76.6. The number of nitrogens with zero attached hydrogens (tertiary/aromatic N) is 2. The molecule has 0 atom stereocenters. The average molecular weight is 493 g/mol. The van der Waals surface area contributed by atoms with E-state index >= 15 is 0 Å². The molecule has 1 aliphatic rings. The van der Waals surface area contributed by atoms with Gasteiger partial charge in [0.05, 0.1) is 35.3 Å². The Morgan fingerprint density at radius 2 is 1.69 bits per heavy atom. The van der Waals surface area contributed by atoms with Gasteiger partial charge in [0.1, 0.15) is 0 Å². The van der Waals surface area contributed by atoms with E-state index in [1.807, 2.05) is 0 Å². The first-order valence-electron chi connectivity index (χ1n) is 9.38. The fourth-order valence-corrected chi connectivity index (χ4v) is 5.06. The number of amides is 1. The minimum Gasteiger partial charge on any atom is -0.493 e. The third-order valence-electron chi connectivity index (χ3n) is 5.04. The molecule has 0 radical (unpaired) electrons. The molecule has 0 unspecified atom stereocenters. The molecule has 174 valence electrons. The summed E-state index contributed by atoms with van der Waals surface area (Å²) in [5.41, 5.74) is -0.963. The van der Waals surface area contributed by atoms with E-state index in [1.54, 1.807) is 18.2 Å². The van der Waals surface area contributed by atoms with Gasteiger partial charge in [-0.15, -0.1) is 0 Å².